The molecule has 0 N–H and O–H groups in total. The van der Waals surface area contributed by atoms with E-state index < -0.39 is 5.82 Å². The van der Waals surface area contributed by atoms with E-state index in [-0.39, 0.29) is 52.4 Å². The number of hydrogen-bond donors (Lipinski definition) is 0. The van der Waals surface area contributed by atoms with Crippen molar-refractivity contribution in [3.05, 3.63) is 46.2 Å². The number of aromatic nitrogens is 4. The van der Waals surface area contributed by atoms with E-state index in [1.54, 1.807) is 47.7 Å². The number of fused-ring (bicyclic) bond motifs is 3. The molecule has 0 spiro atoms. The number of amides is 1. The molecule has 2 saturated heterocycles. The molecule has 12 heteroatoms. The SMILES string of the molecule is CC#CC(=O)N1CC[C@H](n2nnc3c(OC[C@@H]4CCCN4C)nc4c(F)c(-c5cccc(C#N)c5C)c(Cl)cc4c32)C[C@H]1CC#N. The molecule has 4 aromatic rings. The van der Waals surface area contributed by atoms with Gasteiger partial charge in [-0.1, -0.05) is 34.9 Å². The van der Waals surface area contributed by atoms with Gasteiger partial charge in [0.05, 0.1) is 35.2 Å². The Hall–Kier alpha value is -4.76. The number of pyridine rings is 1. The molecule has 2 aromatic heterocycles. The van der Waals surface area contributed by atoms with E-state index in [0.29, 0.717) is 59.1 Å². The van der Waals surface area contributed by atoms with Crippen LogP contribution in [0.3, 0.4) is 0 Å². The summed E-state index contributed by atoms with van der Waals surface area (Å²) in [6.45, 7) is 5.06. The van der Waals surface area contributed by atoms with Crippen molar-refractivity contribution in [3.8, 4) is 41.0 Å². The Labute approximate surface area is 271 Å². The number of hydrogen-bond acceptors (Lipinski definition) is 8. The minimum atomic E-state index is -0.640. The van der Waals surface area contributed by atoms with Gasteiger partial charge < -0.3 is 14.5 Å². The van der Waals surface area contributed by atoms with Gasteiger partial charge in [-0.15, -0.1) is 5.10 Å². The smallest absolute Gasteiger partial charge is 0.298 e. The van der Waals surface area contributed by atoms with Gasteiger partial charge in [0.25, 0.3) is 5.91 Å². The van der Waals surface area contributed by atoms with E-state index in [9.17, 15) is 15.3 Å². The molecule has 46 heavy (non-hydrogen) atoms. The molecule has 4 heterocycles. The Morgan fingerprint density at radius 1 is 1.20 bits per heavy atom. The lowest BCUT2D eigenvalue weighted by molar-refractivity contribution is -0.129. The molecule has 2 aliphatic rings. The number of nitrogens with zero attached hydrogens (tertiary/aromatic N) is 8. The summed E-state index contributed by atoms with van der Waals surface area (Å²) in [5, 5.41) is 28.7. The number of ether oxygens (including phenoxy) is 1. The van der Waals surface area contributed by atoms with Crippen molar-refractivity contribution in [2.45, 2.75) is 64.1 Å². The van der Waals surface area contributed by atoms with Crippen LogP contribution in [-0.4, -0.2) is 74.5 Å². The maximum atomic E-state index is 16.8. The number of likely N-dealkylation sites (tertiary alicyclic amines) is 2. The molecular formula is C34H32ClFN8O2. The molecule has 0 bridgehead atoms. The minimum Gasteiger partial charge on any atom is -0.474 e. The van der Waals surface area contributed by atoms with E-state index in [4.69, 9.17) is 16.3 Å². The average molecular weight is 639 g/mol. The van der Waals surface area contributed by atoms with E-state index in [1.807, 2.05) is 7.05 Å². The molecule has 0 aliphatic carbocycles. The van der Waals surface area contributed by atoms with Crippen LogP contribution in [0.1, 0.15) is 56.2 Å². The first-order valence-corrected chi connectivity index (χ1v) is 15.6. The third-order valence-corrected chi connectivity index (χ3v) is 9.52. The number of carbonyl (C=O) groups is 1. The first-order valence-electron chi connectivity index (χ1n) is 15.3. The van der Waals surface area contributed by atoms with Crippen LogP contribution in [0.2, 0.25) is 5.02 Å². The van der Waals surface area contributed by atoms with Gasteiger partial charge >= 0.3 is 0 Å². The van der Waals surface area contributed by atoms with Crippen LogP contribution in [0.15, 0.2) is 24.3 Å². The fourth-order valence-corrected chi connectivity index (χ4v) is 7.03. The van der Waals surface area contributed by atoms with Crippen molar-refractivity contribution in [2.24, 2.45) is 0 Å². The van der Waals surface area contributed by atoms with E-state index >= 15 is 4.39 Å². The monoisotopic (exact) mass is 638 g/mol. The maximum Gasteiger partial charge on any atom is 0.298 e. The lowest BCUT2D eigenvalue weighted by atomic mass is 9.94. The number of piperidine rings is 1. The molecule has 234 valence electrons. The molecular weight excluding hydrogens is 607 g/mol. The lowest BCUT2D eigenvalue weighted by Crippen LogP contribution is -2.46. The molecule has 10 nitrogen and oxygen atoms in total. The summed E-state index contributed by atoms with van der Waals surface area (Å²) in [4.78, 5) is 21.3. The second kappa shape index (κ2) is 12.9. The van der Waals surface area contributed by atoms with Gasteiger partial charge in [-0.3, -0.25) is 4.79 Å². The van der Waals surface area contributed by atoms with Gasteiger partial charge in [-0.2, -0.15) is 10.5 Å². The molecule has 2 fully saturated rings. The highest BCUT2D eigenvalue weighted by atomic mass is 35.5. The van der Waals surface area contributed by atoms with Crippen molar-refractivity contribution in [3.63, 3.8) is 0 Å². The van der Waals surface area contributed by atoms with Gasteiger partial charge in [-0.25, -0.2) is 14.1 Å². The van der Waals surface area contributed by atoms with Crippen LogP contribution in [0.25, 0.3) is 33.1 Å². The maximum absolute atomic E-state index is 16.8. The summed E-state index contributed by atoms with van der Waals surface area (Å²) in [5.74, 6) is 4.45. The Balaban J connectivity index is 1.51. The third kappa shape index (κ3) is 5.49. The van der Waals surface area contributed by atoms with E-state index in [2.05, 4.69) is 44.2 Å². The number of carbonyl (C=O) groups excluding carboxylic acids is 1. The Morgan fingerprint density at radius 2 is 2.02 bits per heavy atom. The van der Waals surface area contributed by atoms with Crippen LogP contribution < -0.4 is 4.74 Å². The average Bonchev–Trinajstić information content (AvgIpc) is 3.68. The number of benzene rings is 2. The molecule has 0 radical (unpaired) electrons. The zero-order valence-electron chi connectivity index (χ0n) is 25.8. The van der Waals surface area contributed by atoms with E-state index in [0.717, 1.165) is 19.4 Å². The number of halogens is 2. The van der Waals surface area contributed by atoms with E-state index in [1.165, 1.54) is 0 Å². The molecule has 0 unspecified atom stereocenters. The van der Waals surface area contributed by atoms with Crippen molar-refractivity contribution >= 4 is 39.4 Å². The van der Waals surface area contributed by atoms with Gasteiger partial charge in [0, 0.05) is 29.6 Å². The second-order valence-electron chi connectivity index (χ2n) is 11.8. The molecule has 1 amide bonds. The fraction of sp³-hybridized carbons (Fsp3) is 0.412. The van der Waals surface area contributed by atoms with Crippen LogP contribution in [0, 0.1) is 47.2 Å². The topological polar surface area (TPSA) is 124 Å². The summed E-state index contributed by atoms with van der Waals surface area (Å²) in [5.41, 5.74) is 2.62. The van der Waals surface area contributed by atoms with Crippen molar-refractivity contribution < 1.29 is 13.9 Å². The van der Waals surface area contributed by atoms with Crippen LogP contribution in [-0.2, 0) is 4.79 Å². The largest absolute Gasteiger partial charge is 0.474 e. The Bertz CT molecular complexity index is 2000. The fourth-order valence-electron chi connectivity index (χ4n) is 6.73. The third-order valence-electron chi connectivity index (χ3n) is 9.22. The summed E-state index contributed by atoms with van der Waals surface area (Å²) >= 11 is 6.84. The lowest BCUT2D eigenvalue weighted by Gasteiger charge is -2.37. The normalized spacial score (nSPS) is 19.9. The zero-order chi connectivity index (χ0) is 32.5. The van der Waals surface area contributed by atoms with Crippen LogP contribution in [0.4, 0.5) is 4.39 Å². The molecule has 3 atom stereocenters. The first kappa shape index (κ1) is 31.2. The zero-order valence-corrected chi connectivity index (χ0v) is 26.6. The van der Waals surface area contributed by atoms with Gasteiger partial charge in [0.15, 0.2) is 11.3 Å². The number of nitriles is 2. The van der Waals surface area contributed by atoms with Crippen molar-refractivity contribution in [1.82, 2.24) is 29.8 Å². The molecule has 2 aromatic carbocycles. The Kier molecular flexibility index (Phi) is 8.77. The summed E-state index contributed by atoms with van der Waals surface area (Å²) < 4.78 is 24.8. The summed E-state index contributed by atoms with van der Waals surface area (Å²) in [6, 6.07) is 10.7. The minimum absolute atomic E-state index is 0.0476. The summed E-state index contributed by atoms with van der Waals surface area (Å²) in [6.07, 6.45) is 3.14. The molecule has 0 saturated carbocycles. The molecule has 2 aliphatic heterocycles. The predicted octanol–water partition coefficient (Wildman–Crippen LogP) is 5.56. The van der Waals surface area contributed by atoms with Crippen LogP contribution in [0.5, 0.6) is 5.88 Å². The highest BCUT2D eigenvalue weighted by Crippen LogP contribution is 2.42. The quantitative estimate of drug-likeness (QED) is 0.252. The number of rotatable bonds is 6. The first-order chi connectivity index (χ1) is 22.3. The summed E-state index contributed by atoms with van der Waals surface area (Å²) in [7, 11) is 2.05. The Morgan fingerprint density at radius 3 is 2.74 bits per heavy atom. The highest BCUT2D eigenvalue weighted by Gasteiger charge is 2.34. The van der Waals surface area contributed by atoms with Crippen LogP contribution >= 0.6 is 11.6 Å². The van der Waals surface area contributed by atoms with Gasteiger partial charge in [-0.05, 0) is 82.3 Å². The standard InChI is InChI=1S/C34H32ClFN8O2/c1-4-7-28(45)43-15-12-23(16-22(43)11-13-37)44-33-26-17-27(35)29(25-10-5-8-21(18-38)20(25)2)30(36)31(26)39-34(32(33)40-41-44)46-19-24-9-6-14-42(24)3/h5,8,10,17,22-24H,6,9,11-12,14-16,19H2,1-3H3/t22-,23+,24+/m1/s1. The predicted molar refractivity (Wildman–Crippen MR) is 171 cm³/mol. The van der Waals surface area contributed by atoms with Crippen molar-refractivity contribution in [2.75, 3.05) is 26.7 Å². The second-order valence-corrected chi connectivity index (χ2v) is 12.2. The molecule has 6 rings (SSSR count). The highest BCUT2D eigenvalue weighted by molar-refractivity contribution is 6.34. The van der Waals surface area contributed by atoms with Gasteiger partial charge in [0.1, 0.15) is 17.6 Å². The van der Waals surface area contributed by atoms with Gasteiger partial charge in [0.2, 0.25) is 5.88 Å². The van der Waals surface area contributed by atoms with Crippen molar-refractivity contribution in [1.29, 1.82) is 10.5 Å². The number of likely N-dealkylation sites (N-methyl/N-ethyl adjacent to an activating group) is 1.